The molecule has 0 unspecified atom stereocenters. The van der Waals surface area contributed by atoms with Gasteiger partial charge in [0.2, 0.25) is 17.6 Å². The highest BCUT2D eigenvalue weighted by Crippen LogP contribution is 2.27. The van der Waals surface area contributed by atoms with Crippen molar-refractivity contribution in [2.24, 2.45) is 0 Å². The topological polar surface area (TPSA) is 75.4 Å². The lowest BCUT2D eigenvalue weighted by Gasteiger charge is -2.30. The Morgan fingerprint density at radius 3 is 2.68 bits per heavy atom. The van der Waals surface area contributed by atoms with Gasteiger partial charge >= 0.3 is 0 Å². The van der Waals surface area contributed by atoms with Gasteiger partial charge < -0.3 is 9.42 Å². The van der Waals surface area contributed by atoms with Gasteiger partial charge in [-0.2, -0.15) is 4.98 Å². The maximum absolute atomic E-state index is 13.3. The Morgan fingerprint density at radius 1 is 1.18 bits per heavy atom. The summed E-state index contributed by atoms with van der Waals surface area (Å²) in [5.74, 6) is 0.954. The largest absolute Gasteiger partial charge is 0.337 e. The van der Waals surface area contributed by atoms with Crippen LogP contribution in [-0.2, 0) is 11.3 Å². The molecule has 144 valence electrons. The molecule has 0 radical (unpaired) electrons. The van der Waals surface area contributed by atoms with E-state index >= 15 is 0 Å². The average Bonchev–Trinajstić information content (AvgIpc) is 3.42. The lowest BCUT2D eigenvalue weighted by molar-refractivity contribution is -0.136. The molecule has 0 saturated carbocycles. The van der Waals surface area contributed by atoms with Gasteiger partial charge in [0.15, 0.2) is 0 Å². The lowest BCUT2D eigenvalue weighted by atomic mass is 10.1. The number of pyridine rings is 1. The third kappa shape index (κ3) is 3.94. The van der Waals surface area contributed by atoms with Gasteiger partial charge in [-0.05, 0) is 37.6 Å². The number of likely N-dealkylation sites (N-methyl/N-ethyl adjacent to an activating group) is 1. The highest BCUT2D eigenvalue weighted by molar-refractivity contribution is 5.83. The number of amides is 1. The van der Waals surface area contributed by atoms with Gasteiger partial charge in [-0.15, -0.1) is 0 Å². The van der Waals surface area contributed by atoms with E-state index < -0.39 is 0 Å². The fourth-order valence-electron chi connectivity index (χ4n) is 3.56. The fraction of sp³-hybridized carbons (Fsp3) is 0.333. The van der Waals surface area contributed by atoms with E-state index in [1.54, 1.807) is 24.3 Å². The minimum atomic E-state index is -0.335. The summed E-state index contributed by atoms with van der Waals surface area (Å²) in [5.41, 5.74) is 1.80. The Labute approximate surface area is 164 Å². The van der Waals surface area contributed by atoms with Crippen LogP contribution < -0.4 is 0 Å². The number of hydrogen-bond acceptors (Lipinski definition) is 6. The molecule has 7 heteroatoms. The van der Waals surface area contributed by atoms with Gasteiger partial charge in [0.25, 0.3) is 0 Å². The number of carbonyl (C=O) groups is 1. The maximum Gasteiger partial charge on any atom is 0.246 e. The van der Waals surface area contributed by atoms with Crippen LogP contribution >= 0.6 is 0 Å². The molecule has 4 rings (SSSR count). The minimum Gasteiger partial charge on any atom is -0.337 e. The average molecular weight is 377 g/mol. The molecular formula is C21H23N5O2. The van der Waals surface area contributed by atoms with Crippen LogP contribution in [0.5, 0.6) is 0 Å². The molecule has 1 saturated heterocycles. The zero-order valence-corrected chi connectivity index (χ0v) is 15.9. The molecule has 1 fully saturated rings. The first-order valence-corrected chi connectivity index (χ1v) is 9.49. The molecule has 2 aromatic heterocycles. The Morgan fingerprint density at radius 2 is 1.96 bits per heavy atom. The van der Waals surface area contributed by atoms with Crippen LogP contribution in [0.25, 0.3) is 11.4 Å². The summed E-state index contributed by atoms with van der Waals surface area (Å²) >= 11 is 0. The molecule has 0 N–H and O–H groups in total. The first kappa shape index (κ1) is 18.3. The van der Waals surface area contributed by atoms with Crippen molar-refractivity contribution in [1.82, 2.24) is 24.9 Å². The highest BCUT2D eigenvalue weighted by Gasteiger charge is 2.32. The van der Waals surface area contributed by atoms with Crippen molar-refractivity contribution in [2.75, 3.05) is 20.1 Å². The number of nitrogens with zero attached hydrogens (tertiary/aromatic N) is 5. The van der Waals surface area contributed by atoms with Gasteiger partial charge in [-0.25, -0.2) is 0 Å². The molecule has 3 aromatic rings. The van der Waals surface area contributed by atoms with E-state index in [0.717, 1.165) is 37.1 Å². The van der Waals surface area contributed by atoms with Gasteiger partial charge in [-0.3, -0.25) is 14.7 Å². The minimum absolute atomic E-state index is 0.00867. The van der Waals surface area contributed by atoms with Crippen molar-refractivity contribution in [3.63, 3.8) is 0 Å². The van der Waals surface area contributed by atoms with Crippen molar-refractivity contribution in [3.05, 3.63) is 66.3 Å². The molecule has 1 amide bonds. The zero-order valence-electron chi connectivity index (χ0n) is 15.9. The van der Waals surface area contributed by atoms with Crippen LogP contribution in [0.4, 0.5) is 0 Å². The standard InChI is InChI=1S/C21H23N5O2/c1-25(15-18-23-20(24-28-18)16-8-3-2-4-9-16)21(27)19(26-12-5-6-13-26)17-10-7-11-22-14-17/h2-4,7-11,14,19H,5-6,12-13,15H2,1H3/t19-/m0/s1. The molecule has 1 aliphatic rings. The normalized spacial score (nSPS) is 15.5. The Kier molecular flexibility index (Phi) is 5.43. The molecular weight excluding hydrogens is 354 g/mol. The molecule has 1 atom stereocenters. The summed E-state index contributed by atoms with van der Waals surface area (Å²) in [7, 11) is 1.77. The first-order valence-electron chi connectivity index (χ1n) is 9.49. The van der Waals surface area contributed by atoms with Crippen molar-refractivity contribution < 1.29 is 9.32 Å². The number of carbonyl (C=O) groups excluding carboxylic acids is 1. The van der Waals surface area contributed by atoms with Gasteiger partial charge in [0.05, 0.1) is 6.54 Å². The van der Waals surface area contributed by atoms with E-state index in [0.29, 0.717) is 11.7 Å². The summed E-state index contributed by atoms with van der Waals surface area (Å²) in [6.07, 6.45) is 5.72. The smallest absolute Gasteiger partial charge is 0.246 e. The summed E-state index contributed by atoms with van der Waals surface area (Å²) in [6, 6.07) is 13.1. The molecule has 3 heterocycles. The fourth-order valence-corrected chi connectivity index (χ4v) is 3.56. The van der Waals surface area contributed by atoms with E-state index in [4.69, 9.17) is 4.52 Å². The van der Waals surface area contributed by atoms with Crippen molar-refractivity contribution in [2.45, 2.75) is 25.4 Å². The van der Waals surface area contributed by atoms with Gasteiger partial charge in [-0.1, -0.05) is 41.6 Å². The van der Waals surface area contributed by atoms with E-state index in [1.807, 2.05) is 42.5 Å². The summed E-state index contributed by atoms with van der Waals surface area (Å²) < 4.78 is 5.37. The number of benzene rings is 1. The second-order valence-corrected chi connectivity index (χ2v) is 7.00. The van der Waals surface area contributed by atoms with Crippen LogP contribution in [0.2, 0.25) is 0 Å². The molecule has 0 spiro atoms. The molecule has 28 heavy (non-hydrogen) atoms. The van der Waals surface area contributed by atoms with E-state index in [1.165, 1.54) is 0 Å². The van der Waals surface area contributed by atoms with Crippen molar-refractivity contribution >= 4 is 5.91 Å². The van der Waals surface area contributed by atoms with Crippen molar-refractivity contribution in [3.8, 4) is 11.4 Å². The van der Waals surface area contributed by atoms with Crippen LogP contribution in [0.3, 0.4) is 0 Å². The monoisotopic (exact) mass is 377 g/mol. The Bertz CT molecular complexity index is 907. The van der Waals surface area contributed by atoms with Crippen LogP contribution in [-0.4, -0.2) is 51.0 Å². The number of likely N-dealkylation sites (tertiary alicyclic amines) is 1. The predicted octanol–water partition coefficient (Wildman–Crippen LogP) is 2.93. The third-order valence-electron chi connectivity index (χ3n) is 4.99. The molecule has 0 aliphatic carbocycles. The summed E-state index contributed by atoms with van der Waals surface area (Å²) in [4.78, 5) is 25.8. The van der Waals surface area contributed by atoms with Crippen LogP contribution in [0.1, 0.15) is 30.3 Å². The number of aromatic nitrogens is 3. The van der Waals surface area contributed by atoms with Gasteiger partial charge in [0, 0.05) is 25.0 Å². The second kappa shape index (κ2) is 8.31. The Hall–Kier alpha value is -3.06. The number of rotatable bonds is 6. The third-order valence-corrected chi connectivity index (χ3v) is 4.99. The maximum atomic E-state index is 13.3. The van der Waals surface area contributed by atoms with Crippen molar-refractivity contribution in [1.29, 1.82) is 0 Å². The molecule has 0 bridgehead atoms. The van der Waals surface area contributed by atoms with Crippen LogP contribution in [0, 0.1) is 0 Å². The van der Waals surface area contributed by atoms with E-state index in [9.17, 15) is 4.79 Å². The first-order chi connectivity index (χ1) is 13.7. The summed E-state index contributed by atoms with van der Waals surface area (Å²) in [6.45, 7) is 2.10. The lowest BCUT2D eigenvalue weighted by Crippen LogP contribution is -2.40. The predicted molar refractivity (Wildman–Crippen MR) is 104 cm³/mol. The SMILES string of the molecule is CN(Cc1nc(-c2ccccc2)no1)C(=O)[C@H](c1cccnc1)N1CCCC1. The summed E-state index contributed by atoms with van der Waals surface area (Å²) in [5, 5.41) is 4.03. The van der Waals surface area contributed by atoms with Gasteiger partial charge in [0.1, 0.15) is 6.04 Å². The number of hydrogen-bond donors (Lipinski definition) is 0. The van der Waals surface area contributed by atoms with Crippen LogP contribution in [0.15, 0.2) is 59.4 Å². The Balaban J connectivity index is 1.50. The van der Waals surface area contributed by atoms with E-state index in [-0.39, 0.29) is 18.5 Å². The second-order valence-electron chi connectivity index (χ2n) is 7.00. The molecule has 1 aliphatic heterocycles. The van der Waals surface area contributed by atoms with E-state index in [2.05, 4.69) is 20.0 Å². The highest BCUT2D eigenvalue weighted by atomic mass is 16.5. The molecule has 7 nitrogen and oxygen atoms in total. The zero-order chi connectivity index (χ0) is 19.3. The quantitative estimate of drug-likeness (QED) is 0.657. The molecule has 1 aromatic carbocycles.